The van der Waals surface area contributed by atoms with Gasteiger partial charge in [0.2, 0.25) is 5.91 Å². The molecule has 0 spiro atoms. The zero-order valence-corrected chi connectivity index (χ0v) is 11.0. The Morgan fingerprint density at radius 2 is 1.94 bits per heavy atom. The lowest BCUT2D eigenvalue weighted by molar-refractivity contribution is -0.130. The second kappa shape index (κ2) is 4.39. The van der Waals surface area contributed by atoms with Crippen LogP contribution in [0.15, 0.2) is 30.3 Å². The highest BCUT2D eigenvalue weighted by molar-refractivity contribution is 5.85. The average molecular weight is 244 g/mol. The Balaban J connectivity index is 1.74. The minimum atomic E-state index is -0.157. The van der Waals surface area contributed by atoms with Crippen molar-refractivity contribution in [3.63, 3.8) is 0 Å². The smallest absolute Gasteiger partial charge is 0.245 e. The maximum atomic E-state index is 12.4. The third kappa shape index (κ3) is 2.03. The Kier molecular flexibility index (Phi) is 2.86. The van der Waals surface area contributed by atoms with Gasteiger partial charge in [-0.15, -0.1) is 0 Å². The van der Waals surface area contributed by atoms with E-state index in [9.17, 15) is 4.79 Å². The second-order valence-corrected chi connectivity index (χ2v) is 5.65. The molecule has 1 saturated carbocycles. The van der Waals surface area contributed by atoms with Gasteiger partial charge in [-0.25, -0.2) is 0 Å². The number of amides is 1. The van der Waals surface area contributed by atoms with E-state index in [-0.39, 0.29) is 18.1 Å². The quantitative estimate of drug-likeness (QED) is 0.883. The molecule has 1 N–H and O–H groups in total. The number of nitrogens with one attached hydrogen (secondary N) is 1. The van der Waals surface area contributed by atoms with Gasteiger partial charge in [-0.2, -0.15) is 0 Å². The minimum Gasteiger partial charge on any atom is -0.325 e. The Bertz CT molecular complexity index is 445. The van der Waals surface area contributed by atoms with Crippen LogP contribution in [0.3, 0.4) is 0 Å². The summed E-state index contributed by atoms with van der Waals surface area (Å²) in [7, 11) is 0. The number of rotatable bonds is 3. The van der Waals surface area contributed by atoms with Crippen LogP contribution >= 0.6 is 0 Å². The van der Waals surface area contributed by atoms with Crippen LogP contribution in [0.1, 0.15) is 31.9 Å². The van der Waals surface area contributed by atoms with Gasteiger partial charge in [0.15, 0.2) is 0 Å². The summed E-state index contributed by atoms with van der Waals surface area (Å²) in [4.78, 5) is 14.5. The van der Waals surface area contributed by atoms with Gasteiger partial charge in [0.05, 0.1) is 6.17 Å². The van der Waals surface area contributed by atoms with Crippen LogP contribution in [-0.2, 0) is 4.79 Å². The predicted molar refractivity (Wildman–Crippen MR) is 70.8 cm³/mol. The van der Waals surface area contributed by atoms with Crippen molar-refractivity contribution in [2.45, 2.75) is 32.5 Å². The number of hydrogen-bond donors (Lipinski definition) is 1. The number of benzene rings is 1. The first-order chi connectivity index (χ1) is 8.66. The van der Waals surface area contributed by atoms with Crippen molar-refractivity contribution >= 4 is 5.91 Å². The molecule has 3 nitrogen and oxygen atoms in total. The number of carbonyl (C=O) groups excluding carboxylic acids is 1. The van der Waals surface area contributed by atoms with E-state index in [1.54, 1.807) is 0 Å². The summed E-state index contributed by atoms with van der Waals surface area (Å²) in [5.74, 6) is 1.74. The molecule has 1 saturated heterocycles. The first-order valence-electron chi connectivity index (χ1n) is 6.78. The van der Waals surface area contributed by atoms with E-state index in [0.29, 0.717) is 5.92 Å². The Morgan fingerprint density at radius 3 is 2.56 bits per heavy atom. The normalized spacial score (nSPS) is 35.0. The Labute approximate surface area is 108 Å². The molecule has 3 heteroatoms. The first kappa shape index (κ1) is 11.7. The summed E-state index contributed by atoms with van der Waals surface area (Å²) in [6, 6.07) is 9.84. The molecule has 1 aliphatic carbocycles. The Morgan fingerprint density at radius 1 is 1.28 bits per heavy atom. The van der Waals surface area contributed by atoms with Gasteiger partial charge >= 0.3 is 0 Å². The largest absolute Gasteiger partial charge is 0.325 e. The van der Waals surface area contributed by atoms with Crippen LogP contribution in [0.25, 0.3) is 0 Å². The first-order valence-corrected chi connectivity index (χ1v) is 6.78. The van der Waals surface area contributed by atoms with Crippen molar-refractivity contribution < 1.29 is 4.79 Å². The monoisotopic (exact) mass is 244 g/mol. The lowest BCUT2D eigenvalue weighted by atomic mass is 10.1. The van der Waals surface area contributed by atoms with Crippen LogP contribution in [0.4, 0.5) is 0 Å². The molecule has 1 heterocycles. The maximum absolute atomic E-state index is 12.4. The van der Waals surface area contributed by atoms with E-state index in [4.69, 9.17) is 0 Å². The molecule has 1 aromatic carbocycles. The zero-order chi connectivity index (χ0) is 12.7. The summed E-state index contributed by atoms with van der Waals surface area (Å²) in [6.45, 7) is 5.25. The van der Waals surface area contributed by atoms with Gasteiger partial charge in [0.25, 0.3) is 0 Å². The molecule has 2 fully saturated rings. The van der Waals surface area contributed by atoms with Crippen LogP contribution in [0.2, 0.25) is 0 Å². The van der Waals surface area contributed by atoms with Crippen molar-refractivity contribution in [1.29, 1.82) is 0 Å². The number of nitrogens with zero attached hydrogens (tertiary/aromatic N) is 1. The van der Waals surface area contributed by atoms with Gasteiger partial charge in [-0.3, -0.25) is 10.1 Å². The highest BCUT2D eigenvalue weighted by atomic mass is 16.2. The van der Waals surface area contributed by atoms with Crippen LogP contribution in [-0.4, -0.2) is 23.5 Å². The van der Waals surface area contributed by atoms with Crippen molar-refractivity contribution in [2.75, 3.05) is 6.54 Å². The molecule has 4 atom stereocenters. The molecule has 3 rings (SSSR count). The van der Waals surface area contributed by atoms with E-state index in [0.717, 1.165) is 18.0 Å². The van der Waals surface area contributed by atoms with Crippen molar-refractivity contribution in [1.82, 2.24) is 10.2 Å². The molecular formula is C15H20N2O. The molecule has 0 radical (unpaired) electrons. The standard InChI is InChI=1S/C15H20N2O/c1-10-8-13(10)9-17-11(2)16-14(15(17)18)12-6-4-3-5-7-12/h3-7,10-11,13-14,16H,8-9H2,1-2H3. The third-order valence-corrected chi connectivity index (χ3v) is 4.25. The van der Waals surface area contributed by atoms with Gasteiger partial charge in [0.1, 0.15) is 6.04 Å². The summed E-state index contributed by atoms with van der Waals surface area (Å²) in [5, 5.41) is 3.39. The number of carbonyl (C=O) groups is 1. The van der Waals surface area contributed by atoms with Crippen LogP contribution in [0.5, 0.6) is 0 Å². The molecule has 2 aliphatic rings. The van der Waals surface area contributed by atoms with Crippen LogP contribution in [0, 0.1) is 11.8 Å². The van der Waals surface area contributed by atoms with E-state index in [1.165, 1.54) is 6.42 Å². The van der Waals surface area contributed by atoms with E-state index in [1.807, 2.05) is 35.2 Å². The van der Waals surface area contributed by atoms with Gasteiger partial charge < -0.3 is 4.90 Å². The van der Waals surface area contributed by atoms with Crippen molar-refractivity contribution in [3.05, 3.63) is 35.9 Å². The lowest BCUT2D eigenvalue weighted by Crippen LogP contribution is -2.36. The van der Waals surface area contributed by atoms with Gasteiger partial charge in [0, 0.05) is 6.54 Å². The van der Waals surface area contributed by atoms with E-state index in [2.05, 4.69) is 19.2 Å². The van der Waals surface area contributed by atoms with Crippen LogP contribution < -0.4 is 5.32 Å². The van der Waals surface area contributed by atoms with E-state index >= 15 is 0 Å². The molecule has 1 amide bonds. The minimum absolute atomic E-state index is 0.149. The highest BCUT2D eigenvalue weighted by Gasteiger charge is 2.42. The molecular weight excluding hydrogens is 224 g/mol. The molecule has 1 aromatic rings. The fourth-order valence-electron chi connectivity index (χ4n) is 2.80. The summed E-state index contributed by atoms with van der Waals surface area (Å²) in [5.41, 5.74) is 1.07. The summed E-state index contributed by atoms with van der Waals surface area (Å²) >= 11 is 0. The third-order valence-electron chi connectivity index (χ3n) is 4.25. The Hall–Kier alpha value is -1.35. The molecule has 1 aliphatic heterocycles. The van der Waals surface area contributed by atoms with Crippen molar-refractivity contribution in [2.24, 2.45) is 11.8 Å². The van der Waals surface area contributed by atoms with Gasteiger partial charge in [-0.05, 0) is 30.7 Å². The SMILES string of the molecule is CC1CC1CN1C(=O)C(c2ccccc2)NC1C. The van der Waals surface area contributed by atoms with E-state index < -0.39 is 0 Å². The number of hydrogen-bond acceptors (Lipinski definition) is 2. The molecule has 0 aromatic heterocycles. The highest BCUT2D eigenvalue weighted by Crippen LogP contribution is 2.39. The fraction of sp³-hybridized carbons (Fsp3) is 0.533. The molecule has 4 unspecified atom stereocenters. The summed E-state index contributed by atoms with van der Waals surface area (Å²) in [6.07, 6.45) is 1.42. The maximum Gasteiger partial charge on any atom is 0.245 e. The molecule has 0 bridgehead atoms. The van der Waals surface area contributed by atoms with Crippen molar-refractivity contribution in [3.8, 4) is 0 Å². The lowest BCUT2D eigenvalue weighted by Gasteiger charge is -2.20. The zero-order valence-electron chi connectivity index (χ0n) is 11.0. The fourth-order valence-corrected chi connectivity index (χ4v) is 2.80. The predicted octanol–water partition coefficient (Wildman–Crippen LogP) is 2.16. The van der Waals surface area contributed by atoms with Gasteiger partial charge in [-0.1, -0.05) is 37.3 Å². The molecule has 18 heavy (non-hydrogen) atoms. The molecule has 96 valence electrons. The average Bonchev–Trinajstić information content (AvgIpc) is 3.01. The summed E-state index contributed by atoms with van der Waals surface area (Å²) < 4.78 is 0. The second-order valence-electron chi connectivity index (χ2n) is 5.65. The topological polar surface area (TPSA) is 32.3 Å².